The molecule has 6 nitrogen and oxygen atoms in total. The maximum Gasteiger partial charge on any atom is 0.230 e. The van der Waals surface area contributed by atoms with Crippen molar-refractivity contribution < 1.29 is 18.8 Å². The number of rotatable bonds is 5. The molecule has 1 aromatic heterocycles. The number of ether oxygens (including phenoxy) is 2. The van der Waals surface area contributed by atoms with Crippen molar-refractivity contribution in [2.24, 2.45) is 0 Å². The average molecular weight is 334 g/mol. The molecule has 2 heterocycles. The number of nitrogens with zero attached hydrogens (tertiary/aromatic N) is 1. The number of fused-ring (bicyclic) bond motifs is 1. The Morgan fingerprint density at radius 1 is 1.26 bits per heavy atom. The molecule has 23 heavy (non-hydrogen) atoms. The van der Waals surface area contributed by atoms with Crippen LogP contribution >= 0.6 is 11.8 Å². The van der Waals surface area contributed by atoms with Gasteiger partial charge in [-0.25, -0.2) is 0 Å². The van der Waals surface area contributed by atoms with Crippen LogP contribution in [0.25, 0.3) is 0 Å². The van der Waals surface area contributed by atoms with E-state index in [2.05, 4.69) is 10.5 Å². The van der Waals surface area contributed by atoms with E-state index in [1.54, 1.807) is 0 Å². The van der Waals surface area contributed by atoms with E-state index >= 15 is 0 Å². The summed E-state index contributed by atoms with van der Waals surface area (Å²) in [6.45, 7) is 5.26. The zero-order valence-electron chi connectivity index (χ0n) is 13.0. The molecule has 3 rings (SSSR count). The summed E-state index contributed by atoms with van der Waals surface area (Å²) in [7, 11) is 0. The Morgan fingerprint density at radius 2 is 2.04 bits per heavy atom. The first kappa shape index (κ1) is 15.7. The van der Waals surface area contributed by atoms with E-state index in [1.807, 2.05) is 32.0 Å². The molecule has 1 N–H and O–H groups in total. The number of aryl methyl sites for hydroxylation is 2. The van der Waals surface area contributed by atoms with Crippen LogP contribution in [0.15, 0.2) is 27.6 Å². The molecule has 0 saturated carbocycles. The first-order valence-corrected chi connectivity index (χ1v) is 8.33. The molecule has 0 bridgehead atoms. The highest BCUT2D eigenvalue weighted by molar-refractivity contribution is 8.00. The number of aromatic nitrogens is 1. The SMILES string of the molecule is Cc1noc(C)c1CNC(=O)CSc1ccc2c(c1)OCCO2. The van der Waals surface area contributed by atoms with Gasteiger partial charge in [0.15, 0.2) is 11.5 Å². The van der Waals surface area contributed by atoms with Crippen LogP contribution in [-0.4, -0.2) is 30.0 Å². The van der Waals surface area contributed by atoms with Gasteiger partial charge in [-0.1, -0.05) is 5.16 Å². The van der Waals surface area contributed by atoms with Gasteiger partial charge in [0.25, 0.3) is 0 Å². The molecule has 0 fully saturated rings. The normalized spacial score (nSPS) is 13.0. The smallest absolute Gasteiger partial charge is 0.230 e. The summed E-state index contributed by atoms with van der Waals surface area (Å²) in [6.07, 6.45) is 0. The van der Waals surface area contributed by atoms with Crippen LogP contribution in [-0.2, 0) is 11.3 Å². The van der Waals surface area contributed by atoms with Gasteiger partial charge in [-0.05, 0) is 32.0 Å². The monoisotopic (exact) mass is 334 g/mol. The summed E-state index contributed by atoms with van der Waals surface area (Å²) in [4.78, 5) is 13.0. The van der Waals surface area contributed by atoms with Crippen LogP contribution in [0, 0.1) is 13.8 Å². The molecule has 0 unspecified atom stereocenters. The standard InChI is InChI=1S/C16H18N2O4S/c1-10-13(11(2)22-18-10)8-17-16(19)9-23-12-3-4-14-15(7-12)21-6-5-20-14/h3-4,7H,5-6,8-9H2,1-2H3,(H,17,19). The van der Waals surface area contributed by atoms with Crippen molar-refractivity contribution in [2.75, 3.05) is 19.0 Å². The molecule has 1 aliphatic rings. The molecular weight excluding hydrogens is 316 g/mol. The minimum Gasteiger partial charge on any atom is -0.486 e. The highest BCUT2D eigenvalue weighted by atomic mass is 32.2. The van der Waals surface area contributed by atoms with E-state index in [4.69, 9.17) is 14.0 Å². The van der Waals surface area contributed by atoms with Crippen molar-refractivity contribution in [3.8, 4) is 11.5 Å². The minimum atomic E-state index is -0.0371. The predicted octanol–water partition coefficient (Wildman–Crippen LogP) is 2.47. The highest BCUT2D eigenvalue weighted by Gasteiger charge is 2.13. The van der Waals surface area contributed by atoms with Crippen LogP contribution < -0.4 is 14.8 Å². The molecule has 0 radical (unpaired) electrons. The van der Waals surface area contributed by atoms with Crippen LogP contribution in [0.5, 0.6) is 11.5 Å². The van der Waals surface area contributed by atoms with E-state index in [0.717, 1.165) is 33.4 Å². The molecular formula is C16H18N2O4S. The fraction of sp³-hybridized carbons (Fsp3) is 0.375. The number of benzene rings is 1. The third-order valence-corrected chi connectivity index (χ3v) is 4.52. The minimum absolute atomic E-state index is 0.0371. The van der Waals surface area contributed by atoms with Gasteiger partial charge >= 0.3 is 0 Å². The molecule has 0 aliphatic carbocycles. The van der Waals surface area contributed by atoms with Gasteiger partial charge in [0.05, 0.1) is 11.4 Å². The van der Waals surface area contributed by atoms with Crippen molar-refractivity contribution in [3.05, 3.63) is 35.2 Å². The lowest BCUT2D eigenvalue weighted by Crippen LogP contribution is -2.25. The summed E-state index contributed by atoms with van der Waals surface area (Å²) >= 11 is 1.46. The van der Waals surface area contributed by atoms with Crippen molar-refractivity contribution >= 4 is 17.7 Å². The third kappa shape index (κ3) is 3.79. The van der Waals surface area contributed by atoms with Crippen LogP contribution in [0.3, 0.4) is 0 Å². The number of nitrogens with one attached hydrogen (secondary N) is 1. The summed E-state index contributed by atoms with van der Waals surface area (Å²) < 4.78 is 16.1. The summed E-state index contributed by atoms with van der Waals surface area (Å²) in [5, 5.41) is 6.75. The van der Waals surface area contributed by atoms with Gasteiger partial charge in [-0.3, -0.25) is 4.79 Å². The lowest BCUT2D eigenvalue weighted by atomic mass is 10.2. The molecule has 2 aromatic rings. The zero-order chi connectivity index (χ0) is 16.2. The predicted molar refractivity (Wildman–Crippen MR) is 86.0 cm³/mol. The number of hydrogen-bond donors (Lipinski definition) is 1. The van der Waals surface area contributed by atoms with Gasteiger partial charge in [0, 0.05) is 17.0 Å². The van der Waals surface area contributed by atoms with Crippen molar-refractivity contribution in [1.29, 1.82) is 0 Å². The topological polar surface area (TPSA) is 73.6 Å². The molecule has 1 amide bonds. The summed E-state index contributed by atoms with van der Waals surface area (Å²) in [6, 6.07) is 5.71. The van der Waals surface area contributed by atoms with Gasteiger partial charge in [-0.2, -0.15) is 0 Å². The molecule has 1 aromatic carbocycles. The maximum absolute atomic E-state index is 12.0. The van der Waals surface area contributed by atoms with E-state index in [0.29, 0.717) is 25.5 Å². The quantitative estimate of drug-likeness (QED) is 0.847. The van der Waals surface area contributed by atoms with Gasteiger partial charge in [-0.15, -0.1) is 11.8 Å². The Morgan fingerprint density at radius 3 is 2.78 bits per heavy atom. The molecule has 1 aliphatic heterocycles. The van der Waals surface area contributed by atoms with Crippen LogP contribution in [0.2, 0.25) is 0 Å². The van der Waals surface area contributed by atoms with Gasteiger partial charge < -0.3 is 19.3 Å². The second kappa shape index (κ2) is 6.95. The highest BCUT2D eigenvalue weighted by Crippen LogP contribution is 2.34. The first-order valence-electron chi connectivity index (χ1n) is 7.34. The molecule has 0 spiro atoms. The summed E-state index contributed by atoms with van der Waals surface area (Å²) in [5.74, 6) is 2.52. The van der Waals surface area contributed by atoms with Crippen LogP contribution in [0.1, 0.15) is 17.0 Å². The third-order valence-electron chi connectivity index (χ3n) is 3.53. The van der Waals surface area contributed by atoms with Crippen molar-refractivity contribution in [2.45, 2.75) is 25.3 Å². The van der Waals surface area contributed by atoms with Crippen molar-refractivity contribution in [1.82, 2.24) is 10.5 Å². The number of carbonyl (C=O) groups is 1. The van der Waals surface area contributed by atoms with Crippen molar-refractivity contribution in [3.63, 3.8) is 0 Å². The lowest BCUT2D eigenvalue weighted by molar-refractivity contribution is -0.118. The van der Waals surface area contributed by atoms with Gasteiger partial charge in [0.1, 0.15) is 19.0 Å². The largest absolute Gasteiger partial charge is 0.486 e. The Balaban J connectivity index is 1.51. The number of amides is 1. The van der Waals surface area contributed by atoms with E-state index in [1.165, 1.54) is 11.8 Å². The second-order valence-corrected chi connectivity index (χ2v) is 6.22. The van der Waals surface area contributed by atoms with Crippen LogP contribution in [0.4, 0.5) is 0 Å². The Labute approximate surface area is 138 Å². The van der Waals surface area contributed by atoms with E-state index in [-0.39, 0.29) is 5.91 Å². The molecule has 7 heteroatoms. The fourth-order valence-corrected chi connectivity index (χ4v) is 3.01. The zero-order valence-corrected chi connectivity index (χ0v) is 13.9. The lowest BCUT2D eigenvalue weighted by Gasteiger charge is -2.18. The van der Waals surface area contributed by atoms with E-state index in [9.17, 15) is 4.79 Å². The molecule has 122 valence electrons. The Hall–Kier alpha value is -2.15. The molecule has 0 saturated heterocycles. The van der Waals surface area contributed by atoms with E-state index < -0.39 is 0 Å². The number of hydrogen-bond acceptors (Lipinski definition) is 6. The Kier molecular flexibility index (Phi) is 4.76. The fourth-order valence-electron chi connectivity index (χ4n) is 2.25. The number of carbonyl (C=O) groups excluding carboxylic acids is 1. The first-order chi connectivity index (χ1) is 11.1. The maximum atomic E-state index is 12.0. The molecule has 0 atom stereocenters. The summed E-state index contributed by atoms with van der Waals surface area (Å²) in [5.41, 5.74) is 1.74. The second-order valence-electron chi connectivity index (χ2n) is 5.17. The average Bonchev–Trinajstić information content (AvgIpc) is 2.89. The number of thioether (sulfide) groups is 1. The Bertz CT molecular complexity index is 695. The van der Waals surface area contributed by atoms with Gasteiger partial charge in [0.2, 0.25) is 5.91 Å².